The minimum Gasteiger partial charge on any atom is -0.474 e. The number of fused-ring (bicyclic) bond motifs is 1. The molecule has 31 heavy (non-hydrogen) atoms. The molecule has 2 aromatic heterocycles. The normalized spacial score (nSPS) is 25.8. The molecule has 7 nitrogen and oxygen atoms in total. The summed E-state index contributed by atoms with van der Waals surface area (Å²) in [5.41, 5.74) is 5.88. The van der Waals surface area contributed by atoms with Crippen molar-refractivity contribution in [1.29, 1.82) is 0 Å². The maximum absolute atomic E-state index is 13.0. The summed E-state index contributed by atoms with van der Waals surface area (Å²) in [4.78, 5) is 19.6. The molecule has 1 amide bonds. The summed E-state index contributed by atoms with van der Waals surface area (Å²) >= 11 is 1.31. The molecular weight excluding hydrogens is 428 g/mol. The van der Waals surface area contributed by atoms with E-state index in [0.29, 0.717) is 29.6 Å². The van der Waals surface area contributed by atoms with Gasteiger partial charge in [-0.05, 0) is 31.6 Å². The lowest BCUT2D eigenvalue weighted by molar-refractivity contribution is -0.119. The number of halogens is 2. The van der Waals surface area contributed by atoms with E-state index in [1.54, 1.807) is 6.20 Å². The third kappa shape index (κ3) is 6.00. The van der Waals surface area contributed by atoms with Gasteiger partial charge < -0.3 is 19.9 Å². The van der Waals surface area contributed by atoms with Gasteiger partial charge in [0, 0.05) is 25.5 Å². The molecule has 1 unspecified atom stereocenters. The fourth-order valence-electron chi connectivity index (χ4n) is 3.73. The number of carbonyl (C=O) groups is 1. The minimum atomic E-state index is -2.59. The number of pyridine rings is 1. The summed E-state index contributed by atoms with van der Waals surface area (Å²) in [6.45, 7) is 2.47. The number of aromatic nitrogens is 2. The van der Waals surface area contributed by atoms with E-state index in [1.165, 1.54) is 11.3 Å². The number of primary amides is 1. The Balaban J connectivity index is 1.23. The molecule has 0 aromatic carbocycles. The lowest BCUT2D eigenvalue weighted by atomic mass is 9.95. The van der Waals surface area contributed by atoms with Crippen LogP contribution in [-0.4, -0.2) is 47.2 Å². The van der Waals surface area contributed by atoms with Crippen molar-refractivity contribution < 1.29 is 27.8 Å². The minimum absolute atomic E-state index is 0.0176. The molecule has 2 aliphatic carbocycles. The first-order valence-corrected chi connectivity index (χ1v) is 11.4. The van der Waals surface area contributed by atoms with Crippen molar-refractivity contribution in [3.8, 4) is 11.1 Å². The van der Waals surface area contributed by atoms with Crippen LogP contribution < -0.4 is 15.2 Å². The van der Waals surface area contributed by atoms with Crippen LogP contribution in [0.15, 0.2) is 12.3 Å². The zero-order valence-corrected chi connectivity index (χ0v) is 18.2. The van der Waals surface area contributed by atoms with Crippen LogP contribution in [0.4, 0.5) is 8.78 Å². The summed E-state index contributed by atoms with van der Waals surface area (Å²) in [6, 6.07) is 1.82. The van der Waals surface area contributed by atoms with Crippen LogP contribution in [0.1, 0.15) is 45.4 Å². The standard InChI is InChI=1S/C21H27F2N3O4S/c1-12(6-18(24)27)10-28-14-2-4-15(5-3-14)30-19-7-17-16(9-25-19)26-20(31-17)29-11-13-8-21(13,22)23/h7,9,12-15H,2-6,8,10-11H2,1H3,(H2,24,27)/t12-,13?,14?,15?/m1/s1. The summed E-state index contributed by atoms with van der Waals surface area (Å²) in [5, 5.41) is 0.375. The summed E-state index contributed by atoms with van der Waals surface area (Å²) in [6.07, 6.45) is 5.58. The molecule has 4 rings (SSSR count). The molecule has 0 aliphatic heterocycles. The number of carbonyl (C=O) groups excluding carboxylic acids is 1. The topological polar surface area (TPSA) is 96.6 Å². The molecule has 0 bridgehead atoms. The molecule has 2 N–H and O–H groups in total. The number of thiazole rings is 1. The average molecular weight is 456 g/mol. The highest BCUT2D eigenvalue weighted by Gasteiger charge is 2.57. The Bertz CT molecular complexity index is 917. The molecule has 2 aromatic rings. The van der Waals surface area contributed by atoms with Crippen LogP contribution in [0.3, 0.4) is 0 Å². The zero-order valence-electron chi connectivity index (χ0n) is 17.4. The largest absolute Gasteiger partial charge is 0.474 e. The van der Waals surface area contributed by atoms with Gasteiger partial charge in [0.05, 0.1) is 29.5 Å². The number of hydrogen-bond acceptors (Lipinski definition) is 7. The highest BCUT2D eigenvalue weighted by atomic mass is 32.1. The van der Waals surface area contributed by atoms with Crippen molar-refractivity contribution in [1.82, 2.24) is 9.97 Å². The van der Waals surface area contributed by atoms with Gasteiger partial charge in [-0.15, -0.1) is 0 Å². The lowest BCUT2D eigenvalue weighted by Crippen LogP contribution is -2.30. The molecule has 0 spiro atoms. The van der Waals surface area contributed by atoms with Crippen LogP contribution >= 0.6 is 11.3 Å². The second-order valence-electron chi connectivity index (χ2n) is 8.57. The van der Waals surface area contributed by atoms with E-state index in [4.69, 9.17) is 19.9 Å². The highest BCUT2D eigenvalue weighted by molar-refractivity contribution is 7.20. The summed E-state index contributed by atoms with van der Waals surface area (Å²) < 4.78 is 44.2. The van der Waals surface area contributed by atoms with Gasteiger partial charge in [0.15, 0.2) is 0 Å². The first-order chi connectivity index (χ1) is 14.8. The number of ether oxygens (including phenoxy) is 3. The van der Waals surface area contributed by atoms with E-state index >= 15 is 0 Å². The predicted molar refractivity (Wildman–Crippen MR) is 112 cm³/mol. The van der Waals surface area contributed by atoms with Gasteiger partial charge in [-0.1, -0.05) is 18.3 Å². The maximum Gasteiger partial charge on any atom is 0.274 e. The van der Waals surface area contributed by atoms with Gasteiger partial charge in [0.1, 0.15) is 11.6 Å². The molecule has 2 atom stereocenters. The van der Waals surface area contributed by atoms with Gasteiger partial charge >= 0.3 is 0 Å². The summed E-state index contributed by atoms with van der Waals surface area (Å²) in [7, 11) is 0. The molecule has 2 fully saturated rings. The number of nitrogens with zero attached hydrogens (tertiary/aromatic N) is 2. The third-order valence-electron chi connectivity index (χ3n) is 5.67. The Morgan fingerprint density at radius 1 is 1.32 bits per heavy atom. The Labute approximate surface area is 183 Å². The Morgan fingerprint density at radius 2 is 2.03 bits per heavy atom. The second kappa shape index (κ2) is 9.20. The smallest absolute Gasteiger partial charge is 0.274 e. The number of amides is 1. The van der Waals surface area contributed by atoms with E-state index in [1.807, 2.05) is 13.0 Å². The number of hydrogen-bond donors (Lipinski definition) is 1. The summed E-state index contributed by atoms with van der Waals surface area (Å²) in [5.74, 6) is -2.96. The number of alkyl halides is 2. The molecule has 2 saturated carbocycles. The molecule has 2 heterocycles. The molecule has 0 radical (unpaired) electrons. The van der Waals surface area contributed by atoms with Crippen LogP contribution in [0.5, 0.6) is 11.1 Å². The van der Waals surface area contributed by atoms with Crippen LogP contribution in [0.25, 0.3) is 10.2 Å². The Kier molecular flexibility index (Phi) is 6.57. The lowest BCUT2D eigenvalue weighted by Gasteiger charge is -2.29. The Hall–Kier alpha value is -2.07. The van der Waals surface area contributed by atoms with Crippen molar-refractivity contribution in [3.05, 3.63) is 12.3 Å². The quantitative estimate of drug-likeness (QED) is 0.583. The molecular formula is C21H27F2N3O4S. The van der Waals surface area contributed by atoms with Crippen molar-refractivity contribution in [2.75, 3.05) is 13.2 Å². The molecule has 170 valence electrons. The van der Waals surface area contributed by atoms with Crippen LogP contribution in [0, 0.1) is 11.8 Å². The fraction of sp³-hybridized carbons (Fsp3) is 0.667. The first kappa shape index (κ1) is 22.1. The van der Waals surface area contributed by atoms with Crippen molar-refractivity contribution in [3.63, 3.8) is 0 Å². The van der Waals surface area contributed by atoms with Gasteiger partial charge in [-0.25, -0.2) is 18.7 Å². The second-order valence-corrected chi connectivity index (χ2v) is 9.56. The van der Waals surface area contributed by atoms with Crippen molar-refractivity contribution >= 4 is 27.5 Å². The van der Waals surface area contributed by atoms with Gasteiger partial charge in [-0.3, -0.25) is 4.79 Å². The fourth-order valence-corrected chi connectivity index (χ4v) is 4.55. The predicted octanol–water partition coefficient (Wildman–Crippen LogP) is 3.94. The van der Waals surface area contributed by atoms with Crippen LogP contribution in [0.2, 0.25) is 0 Å². The first-order valence-electron chi connectivity index (χ1n) is 10.6. The van der Waals surface area contributed by atoms with Gasteiger partial charge in [0.25, 0.3) is 11.1 Å². The third-order valence-corrected chi connectivity index (χ3v) is 6.60. The highest BCUT2D eigenvalue weighted by Crippen LogP contribution is 2.48. The SMILES string of the molecule is C[C@@H](COC1CCC(Oc2cc3sc(OCC4CC4(F)F)nc3cn2)CC1)CC(N)=O. The average Bonchev–Trinajstić information content (AvgIpc) is 3.13. The van der Waals surface area contributed by atoms with E-state index in [9.17, 15) is 13.6 Å². The van der Waals surface area contributed by atoms with E-state index in [-0.39, 0.29) is 37.1 Å². The molecule has 0 saturated heterocycles. The van der Waals surface area contributed by atoms with Crippen molar-refractivity contribution in [2.45, 2.75) is 63.6 Å². The van der Waals surface area contributed by atoms with Crippen molar-refractivity contribution in [2.24, 2.45) is 17.6 Å². The Morgan fingerprint density at radius 3 is 2.71 bits per heavy atom. The van der Waals surface area contributed by atoms with Crippen LogP contribution in [-0.2, 0) is 9.53 Å². The van der Waals surface area contributed by atoms with E-state index < -0.39 is 11.8 Å². The van der Waals surface area contributed by atoms with E-state index in [2.05, 4.69) is 9.97 Å². The zero-order chi connectivity index (χ0) is 22.0. The molecule has 10 heteroatoms. The molecule has 2 aliphatic rings. The van der Waals surface area contributed by atoms with E-state index in [0.717, 1.165) is 30.4 Å². The maximum atomic E-state index is 13.0. The van der Waals surface area contributed by atoms with Gasteiger partial charge in [-0.2, -0.15) is 0 Å². The van der Waals surface area contributed by atoms with Gasteiger partial charge in [0.2, 0.25) is 11.8 Å². The number of rotatable bonds is 10. The monoisotopic (exact) mass is 455 g/mol. The number of nitrogens with two attached hydrogens (primary N) is 1.